The summed E-state index contributed by atoms with van der Waals surface area (Å²) in [6.07, 6.45) is 10.9. The number of aromatic nitrogens is 1. The lowest BCUT2D eigenvalue weighted by atomic mass is 10.1. The summed E-state index contributed by atoms with van der Waals surface area (Å²) in [5, 5.41) is 6.79. The monoisotopic (exact) mass is 331 g/mol. The van der Waals surface area contributed by atoms with E-state index in [1.165, 1.54) is 50.5 Å². The second-order valence-electron chi connectivity index (χ2n) is 6.48. The number of hydrogen-bond acceptors (Lipinski definition) is 3. The first-order chi connectivity index (χ1) is 11.8. The Hall–Kier alpha value is -1.78. The molecular weight excluding hydrogens is 298 g/mol. The quantitative estimate of drug-likeness (QED) is 0.436. The predicted molar refractivity (Wildman–Crippen MR) is 103 cm³/mol. The Balaban J connectivity index is 1.77. The molecule has 2 rings (SSSR count). The van der Waals surface area contributed by atoms with Crippen LogP contribution in [-0.4, -0.2) is 37.6 Å². The number of unbranched alkanes of at least 4 members (excludes halogenated alkanes) is 3. The maximum Gasteiger partial charge on any atom is 0.191 e. The zero-order valence-corrected chi connectivity index (χ0v) is 15.4. The van der Waals surface area contributed by atoms with Crippen LogP contribution in [0.15, 0.2) is 23.3 Å². The fourth-order valence-electron chi connectivity index (χ4n) is 3.03. The molecule has 0 spiro atoms. The third-order valence-corrected chi connectivity index (χ3v) is 4.50. The van der Waals surface area contributed by atoms with Gasteiger partial charge >= 0.3 is 0 Å². The van der Waals surface area contributed by atoms with Gasteiger partial charge in [0.25, 0.3) is 0 Å². The number of nitrogens with zero attached hydrogens (tertiary/aromatic N) is 3. The first-order valence-corrected chi connectivity index (χ1v) is 9.48. The summed E-state index contributed by atoms with van der Waals surface area (Å²) >= 11 is 0. The van der Waals surface area contributed by atoms with Crippen LogP contribution >= 0.6 is 0 Å². The van der Waals surface area contributed by atoms with Gasteiger partial charge in [-0.15, -0.1) is 0 Å². The van der Waals surface area contributed by atoms with Gasteiger partial charge in [-0.1, -0.05) is 26.2 Å². The highest BCUT2D eigenvalue weighted by Gasteiger charge is 2.12. The van der Waals surface area contributed by atoms with Crippen LogP contribution in [0, 0.1) is 0 Å². The van der Waals surface area contributed by atoms with Crippen molar-refractivity contribution in [1.82, 2.24) is 15.6 Å². The SMILES string of the molecule is CCCCCCNC(=NC)NCc1ccnc(N2CCCCC2)c1. The fourth-order valence-corrected chi connectivity index (χ4v) is 3.03. The van der Waals surface area contributed by atoms with Crippen LogP contribution in [-0.2, 0) is 6.54 Å². The number of aliphatic imine (C=N–C) groups is 1. The average Bonchev–Trinajstić information content (AvgIpc) is 2.65. The molecule has 0 amide bonds. The third kappa shape index (κ3) is 6.38. The minimum atomic E-state index is 0.776. The minimum Gasteiger partial charge on any atom is -0.357 e. The molecule has 1 aromatic heterocycles. The Morgan fingerprint density at radius 3 is 2.75 bits per heavy atom. The van der Waals surface area contributed by atoms with E-state index in [9.17, 15) is 0 Å². The number of rotatable bonds is 8. The van der Waals surface area contributed by atoms with Crippen molar-refractivity contribution in [3.8, 4) is 0 Å². The van der Waals surface area contributed by atoms with Gasteiger partial charge in [-0.05, 0) is 43.4 Å². The van der Waals surface area contributed by atoms with Crippen LogP contribution in [0.5, 0.6) is 0 Å². The largest absolute Gasteiger partial charge is 0.357 e. The molecule has 5 heteroatoms. The van der Waals surface area contributed by atoms with E-state index in [0.717, 1.165) is 38.0 Å². The molecule has 1 saturated heterocycles. The van der Waals surface area contributed by atoms with Crippen molar-refractivity contribution in [3.05, 3.63) is 23.9 Å². The molecule has 2 N–H and O–H groups in total. The Morgan fingerprint density at radius 2 is 2.00 bits per heavy atom. The van der Waals surface area contributed by atoms with Gasteiger partial charge < -0.3 is 15.5 Å². The van der Waals surface area contributed by atoms with Gasteiger partial charge in [-0.3, -0.25) is 4.99 Å². The summed E-state index contributed by atoms with van der Waals surface area (Å²) in [4.78, 5) is 11.2. The minimum absolute atomic E-state index is 0.776. The van der Waals surface area contributed by atoms with E-state index in [1.807, 2.05) is 13.2 Å². The van der Waals surface area contributed by atoms with Crippen molar-refractivity contribution in [2.24, 2.45) is 4.99 Å². The summed E-state index contributed by atoms with van der Waals surface area (Å²) in [5.74, 6) is 1.99. The van der Waals surface area contributed by atoms with Crippen molar-refractivity contribution in [2.45, 2.75) is 58.4 Å². The molecule has 1 aromatic rings. The molecule has 1 fully saturated rings. The van der Waals surface area contributed by atoms with E-state index in [1.54, 1.807) is 0 Å². The van der Waals surface area contributed by atoms with Gasteiger partial charge in [0.05, 0.1) is 0 Å². The van der Waals surface area contributed by atoms with E-state index in [4.69, 9.17) is 0 Å². The van der Waals surface area contributed by atoms with Crippen molar-refractivity contribution >= 4 is 11.8 Å². The zero-order valence-electron chi connectivity index (χ0n) is 15.4. The number of guanidine groups is 1. The molecule has 0 radical (unpaired) electrons. The van der Waals surface area contributed by atoms with Crippen LogP contribution < -0.4 is 15.5 Å². The molecule has 0 aromatic carbocycles. The van der Waals surface area contributed by atoms with E-state index < -0.39 is 0 Å². The first-order valence-electron chi connectivity index (χ1n) is 9.48. The number of pyridine rings is 1. The zero-order chi connectivity index (χ0) is 17.0. The summed E-state index contributed by atoms with van der Waals surface area (Å²) < 4.78 is 0. The molecule has 1 aliphatic heterocycles. The summed E-state index contributed by atoms with van der Waals surface area (Å²) in [6.45, 7) is 6.25. The predicted octanol–water partition coefficient (Wildman–Crippen LogP) is 3.32. The normalized spacial score (nSPS) is 15.4. The van der Waals surface area contributed by atoms with Gasteiger partial charge in [0.15, 0.2) is 5.96 Å². The average molecular weight is 332 g/mol. The fraction of sp³-hybridized carbons (Fsp3) is 0.684. The summed E-state index contributed by atoms with van der Waals surface area (Å²) in [7, 11) is 1.83. The Labute approximate surface area is 147 Å². The van der Waals surface area contributed by atoms with Crippen molar-refractivity contribution in [3.63, 3.8) is 0 Å². The van der Waals surface area contributed by atoms with E-state index in [2.05, 4.69) is 44.6 Å². The van der Waals surface area contributed by atoms with Crippen LogP contribution in [0.25, 0.3) is 0 Å². The summed E-state index contributed by atoms with van der Waals surface area (Å²) in [5.41, 5.74) is 1.25. The molecule has 24 heavy (non-hydrogen) atoms. The number of nitrogens with one attached hydrogen (secondary N) is 2. The smallest absolute Gasteiger partial charge is 0.191 e. The van der Waals surface area contributed by atoms with Gasteiger partial charge in [0.2, 0.25) is 0 Å². The lowest BCUT2D eigenvalue weighted by Gasteiger charge is -2.28. The third-order valence-electron chi connectivity index (χ3n) is 4.50. The molecule has 2 heterocycles. The van der Waals surface area contributed by atoms with Crippen LogP contribution in [0.4, 0.5) is 5.82 Å². The van der Waals surface area contributed by atoms with E-state index in [-0.39, 0.29) is 0 Å². The summed E-state index contributed by atoms with van der Waals surface area (Å²) in [6, 6.07) is 4.28. The molecule has 0 saturated carbocycles. The lowest BCUT2D eigenvalue weighted by molar-refractivity contribution is 0.573. The highest BCUT2D eigenvalue weighted by molar-refractivity contribution is 5.79. The van der Waals surface area contributed by atoms with Gasteiger partial charge in [0.1, 0.15) is 5.82 Å². The van der Waals surface area contributed by atoms with Gasteiger partial charge in [-0.25, -0.2) is 4.98 Å². The van der Waals surface area contributed by atoms with Crippen molar-refractivity contribution < 1.29 is 0 Å². The molecule has 134 valence electrons. The number of anilines is 1. The molecule has 0 unspecified atom stereocenters. The van der Waals surface area contributed by atoms with Crippen LogP contribution in [0.2, 0.25) is 0 Å². The maximum atomic E-state index is 4.54. The van der Waals surface area contributed by atoms with Crippen molar-refractivity contribution in [1.29, 1.82) is 0 Å². The standard InChI is InChI=1S/C19H33N5/c1-3-4-5-7-11-22-19(20-2)23-16-17-10-12-21-18(15-17)24-13-8-6-9-14-24/h10,12,15H,3-9,11,13-14,16H2,1-2H3,(H2,20,22,23). The van der Waals surface area contributed by atoms with Gasteiger partial charge in [-0.2, -0.15) is 0 Å². The maximum absolute atomic E-state index is 4.54. The van der Waals surface area contributed by atoms with Crippen molar-refractivity contribution in [2.75, 3.05) is 31.6 Å². The molecule has 0 aliphatic carbocycles. The Morgan fingerprint density at radius 1 is 1.17 bits per heavy atom. The second-order valence-corrected chi connectivity index (χ2v) is 6.48. The van der Waals surface area contributed by atoms with Gasteiger partial charge in [0, 0.05) is 39.4 Å². The topological polar surface area (TPSA) is 52.6 Å². The number of piperidine rings is 1. The van der Waals surface area contributed by atoms with Crippen LogP contribution in [0.1, 0.15) is 57.4 Å². The van der Waals surface area contributed by atoms with Crippen LogP contribution in [0.3, 0.4) is 0 Å². The second kappa shape index (κ2) is 10.9. The first kappa shape index (κ1) is 18.6. The highest BCUT2D eigenvalue weighted by Crippen LogP contribution is 2.18. The molecule has 0 atom stereocenters. The van der Waals surface area contributed by atoms with E-state index in [0.29, 0.717) is 0 Å². The molecular formula is C19H33N5. The van der Waals surface area contributed by atoms with E-state index >= 15 is 0 Å². The molecule has 1 aliphatic rings. The lowest BCUT2D eigenvalue weighted by Crippen LogP contribution is -2.37. The Bertz CT molecular complexity index is 494. The number of hydrogen-bond donors (Lipinski definition) is 2. The Kier molecular flexibility index (Phi) is 8.42. The highest BCUT2D eigenvalue weighted by atomic mass is 15.2. The molecule has 0 bridgehead atoms. The molecule has 5 nitrogen and oxygen atoms in total.